The number of aliphatic carboxylic acids is 1. The monoisotopic (exact) mass is 466 g/mol. The number of carboxylic acids is 1. The van der Waals surface area contributed by atoms with E-state index in [1.165, 1.54) is 11.1 Å². The number of hydrogen-bond acceptors (Lipinski definition) is 4. The number of benzene rings is 2. The lowest BCUT2D eigenvalue weighted by molar-refractivity contribution is -0.137. The fourth-order valence-corrected chi connectivity index (χ4v) is 4.54. The quantitative estimate of drug-likeness (QED) is 0.421. The van der Waals surface area contributed by atoms with Crippen LogP contribution in [0.3, 0.4) is 0 Å². The number of rotatable bonds is 12. The molecular formula is C27H34N2O5. The van der Waals surface area contributed by atoms with Gasteiger partial charge in [0.2, 0.25) is 5.91 Å². The van der Waals surface area contributed by atoms with E-state index in [4.69, 9.17) is 9.84 Å². The first kappa shape index (κ1) is 25.3. The molecule has 0 aliphatic heterocycles. The summed E-state index contributed by atoms with van der Waals surface area (Å²) in [6, 6.07) is 15.9. The van der Waals surface area contributed by atoms with Gasteiger partial charge >= 0.3 is 12.1 Å². The molecule has 0 spiro atoms. The third kappa shape index (κ3) is 6.83. The molecule has 0 saturated heterocycles. The summed E-state index contributed by atoms with van der Waals surface area (Å²) in [5, 5.41) is 14.4. The first-order valence-corrected chi connectivity index (χ1v) is 12.0. The lowest BCUT2D eigenvalue weighted by Gasteiger charge is -2.18. The van der Waals surface area contributed by atoms with E-state index < -0.39 is 12.1 Å². The van der Waals surface area contributed by atoms with E-state index in [2.05, 4.69) is 34.9 Å². The fourth-order valence-electron chi connectivity index (χ4n) is 4.54. The van der Waals surface area contributed by atoms with Gasteiger partial charge in [0.05, 0.1) is 0 Å². The van der Waals surface area contributed by atoms with E-state index in [1.807, 2.05) is 31.2 Å². The summed E-state index contributed by atoms with van der Waals surface area (Å²) in [4.78, 5) is 35.3. The Bertz CT molecular complexity index is 961. The van der Waals surface area contributed by atoms with Gasteiger partial charge in [0.25, 0.3) is 0 Å². The number of carbonyl (C=O) groups is 3. The van der Waals surface area contributed by atoms with E-state index in [9.17, 15) is 14.4 Å². The van der Waals surface area contributed by atoms with E-state index in [-0.39, 0.29) is 43.2 Å². The molecule has 1 unspecified atom stereocenters. The molecule has 2 atom stereocenters. The van der Waals surface area contributed by atoms with Gasteiger partial charge < -0.3 is 20.5 Å². The molecule has 3 rings (SSSR count). The summed E-state index contributed by atoms with van der Waals surface area (Å²) in [6.07, 6.45) is 1.99. The standard InChI is InChI=1S/C27H34N2O5/c1-3-19(12-13-26(31)32)14-15-28-25(30)16-18(2)29-27(33)34-17-24-22-10-6-4-8-20(22)21-9-5-7-11-23(21)24/h4-11,18-19,24H,3,12-17H2,1-2H3,(H,28,30)(H,29,33)(H,31,32)/t18-,19?/m1/s1. The highest BCUT2D eigenvalue weighted by Gasteiger charge is 2.29. The summed E-state index contributed by atoms with van der Waals surface area (Å²) in [5.74, 6) is -0.688. The maximum atomic E-state index is 12.4. The number of amides is 2. The van der Waals surface area contributed by atoms with Crippen molar-refractivity contribution in [3.63, 3.8) is 0 Å². The molecule has 0 aromatic heterocycles. The molecule has 0 fully saturated rings. The van der Waals surface area contributed by atoms with Gasteiger partial charge in [0, 0.05) is 31.3 Å². The smallest absolute Gasteiger partial charge is 0.407 e. The molecule has 34 heavy (non-hydrogen) atoms. The van der Waals surface area contributed by atoms with E-state index >= 15 is 0 Å². The summed E-state index contributed by atoms with van der Waals surface area (Å²) < 4.78 is 5.54. The third-order valence-corrected chi connectivity index (χ3v) is 6.42. The van der Waals surface area contributed by atoms with Gasteiger partial charge in [-0.3, -0.25) is 9.59 Å². The number of carbonyl (C=O) groups excluding carboxylic acids is 2. The number of carboxylic acid groups (broad SMARTS) is 1. The van der Waals surface area contributed by atoms with Gasteiger partial charge in [-0.2, -0.15) is 0 Å². The Hall–Kier alpha value is -3.35. The van der Waals surface area contributed by atoms with Crippen molar-refractivity contribution < 1.29 is 24.2 Å². The van der Waals surface area contributed by atoms with Crippen LogP contribution in [0.4, 0.5) is 4.79 Å². The highest BCUT2D eigenvalue weighted by atomic mass is 16.5. The number of alkyl carbamates (subject to hydrolysis) is 1. The number of nitrogens with one attached hydrogen (secondary N) is 2. The second-order valence-corrected chi connectivity index (χ2v) is 8.92. The summed E-state index contributed by atoms with van der Waals surface area (Å²) in [7, 11) is 0. The molecule has 182 valence electrons. The zero-order valence-electron chi connectivity index (χ0n) is 19.9. The average molecular weight is 467 g/mol. The van der Waals surface area contributed by atoms with Crippen LogP contribution in [0.1, 0.15) is 63.0 Å². The topological polar surface area (TPSA) is 105 Å². The highest BCUT2D eigenvalue weighted by Crippen LogP contribution is 2.44. The minimum atomic E-state index is -0.796. The van der Waals surface area contributed by atoms with E-state index in [1.54, 1.807) is 6.92 Å². The van der Waals surface area contributed by atoms with Crippen molar-refractivity contribution >= 4 is 18.0 Å². The van der Waals surface area contributed by atoms with Crippen LogP contribution >= 0.6 is 0 Å². The van der Waals surface area contributed by atoms with Crippen molar-refractivity contribution in [2.24, 2.45) is 5.92 Å². The minimum absolute atomic E-state index is 0.00982. The van der Waals surface area contributed by atoms with Crippen LogP contribution in [-0.2, 0) is 14.3 Å². The number of ether oxygens (including phenoxy) is 1. The Morgan fingerprint density at radius 2 is 1.62 bits per heavy atom. The summed E-state index contributed by atoms with van der Waals surface area (Å²) >= 11 is 0. The SMILES string of the molecule is CCC(CCNC(=O)C[C@@H](C)NC(=O)OCC1c2ccccc2-c2ccccc21)CCC(=O)O. The maximum absolute atomic E-state index is 12.4. The van der Waals surface area contributed by atoms with Gasteiger partial charge in [-0.25, -0.2) is 4.79 Å². The molecule has 2 amide bonds. The van der Waals surface area contributed by atoms with Crippen molar-refractivity contribution in [1.82, 2.24) is 10.6 Å². The normalized spacial score (nSPS) is 13.9. The van der Waals surface area contributed by atoms with Crippen LogP contribution in [0.15, 0.2) is 48.5 Å². The molecule has 1 aliphatic rings. The van der Waals surface area contributed by atoms with Crippen molar-refractivity contribution in [2.45, 2.75) is 57.9 Å². The minimum Gasteiger partial charge on any atom is -0.481 e. The van der Waals surface area contributed by atoms with Gasteiger partial charge in [-0.05, 0) is 47.9 Å². The maximum Gasteiger partial charge on any atom is 0.407 e. The van der Waals surface area contributed by atoms with Crippen molar-refractivity contribution in [3.8, 4) is 11.1 Å². The largest absolute Gasteiger partial charge is 0.481 e. The van der Waals surface area contributed by atoms with E-state index in [0.29, 0.717) is 13.0 Å². The number of fused-ring (bicyclic) bond motifs is 3. The number of hydrogen-bond donors (Lipinski definition) is 3. The van der Waals surface area contributed by atoms with Crippen LogP contribution in [0.2, 0.25) is 0 Å². The lowest BCUT2D eigenvalue weighted by Crippen LogP contribution is -2.38. The molecule has 0 saturated carbocycles. The Morgan fingerprint density at radius 1 is 1.00 bits per heavy atom. The van der Waals surface area contributed by atoms with Crippen LogP contribution in [-0.4, -0.2) is 42.3 Å². The zero-order chi connectivity index (χ0) is 24.5. The molecule has 0 bridgehead atoms. The predicted molar refractivity (Wildman–Crippen MR) is 131 cm³/mol. The van der Waals surface area contributed by atoms with Crippen molar-refractivity contribution in [1.29, 1.82) is 0 Å². The van der Waals surface area contributed by atoms with Crippen LogP contribution in [0, 0.1) is 5.92 Å². The Balaban J connectivity index is 1.41. The van der Waals surface area contributed by atoms with Crippen molar-refractivity contribution in [3.05, 3.63) is 59.7 Å². The molecule has 1 aliphatic carbocycles. The highest BCUT2D eigenvalue weighted by molar-refractivity contribution is 5.79. The van der Waals surface area contributed by atoms with Crippen molar-refractivity contribution in [2.75, 3.05) is 13.2 Å². The van der Waals surface area contributed by atoms with Crippen LogP contribution < -0.4 is 10.6 Å². The van der Waals surface area contributed by atoms with Crippen LogP contribution in [0.25, 0.3) is 11.1 Å². The van der Waals surface area contributed by atoms with Gasteiger partial charge in [-0.1, -0.05) is 61.9 Å². The first-order valence-electron chi connectivity index (χ1n) is 12.0. The molecule has 2 aromatic rings. The molecule has 7 nitrogen and oxygen atoms in total. The van der Waals surface area contributed by atoms with Gasteiger partial charge in [0.1, 0.15) is 6.61 Å². The first-order chi connectivity index (χ1) is 16.4. The Morgan fingerprint density at radius 3 is 2.21 bits per heavy atom. The molecule has 2 aromatic carbocycles. The molecular weight excluding hydrogens is 432 g/mol. The zero-order valence-corrected chi connectivity index (χ0v) is 19.9. The Kier molecular flexibility index (Phi) is 9.08. The van der Waals surface area contributed by atoms with Gasteiger partial charge in [0.15, 0.2) is 0 Å². The molecule has 7 heteroatoms. The third-order valence-electron chi connectivity index (χ3n) is 6.42. The fraction of sp³-hybridized carbons (Fsp3) is 0.444. The average Bonchev–Trinajstić information content (AvgIpc) is 3.13. The molecule has 3 N–H and O–H groups in total. The predicted octanol–water partition coefficient (Wildman–Crippen LogP) is 4.70. The summed E-state index contributed by atoms with van der Waals surface area (Å²) in [5.41, 5.74) is 4.64. The second-order valence-electron chi connectivity index (χ2n) is 8.92. The van der Waals surface area contributed by atoms with E-state index in [0.717, 1.165) is 24.0 Å². The van der Waals surface area contributed by atoms with Crippen LogP contribution in [0.5, 0.6) is 0 Å². The molecule has 0 heterocycles. The second kappa shape index (κ2) is 12.2. The van der Waals surface area contributed by atoms with Gasteiger partial charge in [-0.15, -0.1) is 0 Å². The lowest BCUT2D eigenvalue weighted by atomic mass is 9.96. The molecule has 0 radical (unpaired) electrons. The Labute approximate surface area is 200 Å². The summed E-state index contributed by atoms with van der Waals surface area (Å²) in [6.45, 7) is 4.51.